The smallest absolute Gasteiger partial charge is 0.333 e. The molecular weight excluding hydrogens is 342 g/mol. The third kappa shape index (κ3) is 4.23. The molecule has 1 aliphatic heterocycles. The van der Waals surface area contributed by atoms with Crippen LogP contribution >= 0.6 is 11.6 Å². The Balaban J connectivity index is 1.75. The Morgan fingerprint density at radius 1 is 1.22 bits per heavy atom. The molecule has 128 valence electrons. The maximum atomic E-state index is 11.1. The second kappa shape index (κ2) is 6.66. The number of halogens is 1. The van der Waals surface area contributed by atoms with Crippen LogP contribution in [0.25, 0.3) is 0 Å². The maximum absolute atomic E-state index is 11.1. The van der Waals surface area contributed by atoms with Gasteiger partial charge in [0.25, 0.3) is 0 Å². The van der Waals surface area contributed by atoms with Crippen molar-refractivity contribution in [1.29, 1.82) is 0 Å². The Morgan fingerprint density at radius 2 is 1.87 bits per heavy atom. The zero-order chi connectivity index (χ0) is 16.5. The molecule has 1 saturated heterocycles. The Hall–Kier alpha value is -0.700. The van der Waals surface area contributed by atoms with E-state index in [2.05, 4.69) is 0 Å². The predicted octanol–water partition coefficient (Wildman–Crippen LogP) is 2.16. The van der Waals surface area contributed by atoms with E-state index in [0.717, 1.165) is 31.2 Å². The van der Waals surface area contributed by atoms with E-state index in [1.807, 2.05) is 24.3 Å². The Morgan fingerprint density at radius 3 is 2.52 bits per heavy atom. The van der Waals surface area contributed by atoms with Crippen molar-refractivity contribution in [3.05, 3.63) is 34.9 Å². The van der Waals surface area contributed by atoms with Crippen LogP contribution in [0.4, 0.5) is 0 Å². The zero-order valence-corrected chi connectivity index (χ0v) is 14.2. The number of hydrogen-bond donors (Lipinski definition) is 1. The number of nitrogens with two attached hydrogens (primary N) is 1. The van der Waals surface area contributed by atoms with Crippen molar-refractivity contribution in [1.82, 2.24) is 0 Å². The Bertz CT molecular complexity index is 660. The van der Waals surface area contributed by atoms with Crippen molar-refractivity contribution >= 4 is 21.9 Å². The van der Waals surface area contributed by atoms with E-state index in [9.17, 15) is 8.42 Å². The Labute approximate surface area is 141 Å². The number of ether oxygens (including phenoxy) is 2. The van der Waals surface area contributed by atoms with Crippen LogP contribution in [0.2, 0.25) is 5.02 Å². The van der Waals surface area contributed by atoms with E-state index in [1.54, 1.807) is 0 Å². The minimum atomic E-state index is -4.01. The van der Waals surface area contributed by atoms with Crippen LogP contribution in [0.5, 0.6) is 0 Å². The second-order valence-corrected chi connectivity index (χ2v) is 7.63. The summed E-state index contributed by atoms with van der Waals surface area (Å²) in [6, 6.07) is 7.49. The molecule has 3 rings (SSSR count). The van der Waals surface area contributed by atoms with Crippen LogP contribution in [0, 0.1) is 0 Å². The SMILES string of the molecule is NS(=O)(=O)OC[C@H]1OC2(CCCC2)O[C@@H]1Cc1ccccc1Cl. The van der Waals surface area contributed by atoms with E-state index < -0.39 is 22.2 Å². The van der Waals surface area contributed by atoms with E-state index in [0.29, 0.717) is 11.4 Å². The van der Waals surface area contributed by atoms with E-state index in [1.165, 1.54) is 0 Å². The van der Waals surface area contributed by atoms with Crippen molar-refractivity contribution in [3.8, 4) is 0 Å². The monoisotopic (exact) mass is 361 g/mol. The first-order chi connectivity index (χ1) is 10.9. The molecule has 8 heteroatoms. The van der Waals surface area contributed by atoms with Crippen LogP contribution in [0.15, 0.2) is 24.3 Å². The van der Waals surface area contributed by atoms with Gasteiger partial charge in [0.2, 0.25) is 0 Å². The van der Waals surface area contributed by atoms with Crippen molar-refractivity contribution in [3.63, 3.8) is 0 Å². The molecule has 0 amide bonds. The molecule has 1 spiro atoms. The zero-order valence-electron chi connectivity index (χ0n) is 12.6. The fourth-order valence-corrected chi connectivity index (χ4v) is 3.77. The summed E-state index contributed by atoms with van der Waals surface area (Å²) in [6.07, 6.45) is 3.37. The lowest BCUT2D eigenvalue weighted by Crippen LogP contribution is -2.32. The summed E-state index contributed by atoms with van der Waals surface area (Å²) in [5.74, 6) is -0.627. The quantitative estimate of drug-likeness (QED) is 0.868. The van der Waals surface area contributed by atoms with Gasteiger partial charge in [-0.05, 0) is 24.5 Å². The third-order valence-corrected chi connectivity index (χ3v) is 5.12. The van der Waals surface area contributed by atoms with Crippen molar-refractivity contribution in [2.24, 2.45) is 5.14 Å². The summed E-state index contributed by atoms with van der Waals surface area (Å²) in [5, 5.41) is 5.56. The fourth-order valence-electron chi connectivity index (χ4n) is 3.24. The molecule has 2 N–H and O–H groups in total. The highest BCUT2D eigenvalue weighted by Crippen LogP contribution is 2.43. The predicted molar refractivity (Wildman–Crippen MR) is 85.2 cm³/mol. The number of rotatable bonds is 5. The average molecular weight is 362 g/mol. The lowest BCUT2D eigenvalue weighted by molar-refractivity contribution is -0.170. The van der Waals surface area contributed by atoms with Crippen LogP contribution in [-0.2, 0) is 30.4 Å². The molecule has 6 nitrogen and oxygen atoms in total. The second-order valence-electron chi connectivity index (χ2n) is 6.00. The highest BCUT2D eigenvalue weighted by atomic mass is 35.5. The molecule has 1 aliphatic carbocycles. The lowest BCUT2D eigenvalue weighted by Gasteiger charge is -2.22. The van der Waals surface area contributed by atoms with Gasteiger partial charge >= 0.3 is 10.3 Å². The van der Waals surface area contributed by atoms with Crippen molar-refractivity contribution < 1.29 is 22.1 Å². The first kappa shape index (κ1) is 17.1. The summed E-state index contributed by atoms with van der Waals surface area (Å²) < 4.78 is 39.0. The summed E-state index contributed by atoms with van der Waals surface area (Å²) in [4.78, 5) is 0. The highest BCUT2D eigenvalue weighted by molar-refractivity contribution is 7.84. The maximum Gasteiger partial charge on any atom is 0.333 e. The van der Waals surface area contributed by atoms with Gasteiger partial charge in [0.1, 0.15) is 6.10 Å². The van der Waals surface area contributed by atoms with Gasteiger partial charge in [-0.25, -0.2) is 5.14 Å². The summed E-state index contributed by atoms with van der Waals surface area (Å²) in [5.41, 5.74) is 0.929. The first-order valence-corrected chi connectivity index (χ1v) is 9.48. The highest BCUT2D eigenvalue weighted by Gasteiger charge is 2.49. The lowest BCUT2D eigenvalue weighted by atomic mass is 10.0. The van der Waals surface area contributed by atoms with E-state index in [-0.39, 0.29) is 12.7 Å². The van der Waals surface area contributed by atoms with Gasteiger partial charge in [-0.1, -0.05) is 29.8 Å². The van der Waals surface area contributed by atoms with Crippen LogP contribution in [0.1, 0.15) is 31.2 Å². The molecule has 1 aromatic carbocycles. The fraction of sp³-hybridized carbons (Fsp3) is 0.600. The molecule has 1 aromatic rings. The standard InChI is InChI=1S/C15H20ClNO5S/c16-12-6-2-1-5-11(12)9-13-14(10-20-23(17,18)19)22-15(21-13)7-3-4-8-15/h1-2,5-6,13-14H,3-4,7-10H2,(H2,17,18,19)/t13-,14-/m1/s1. The van der Waals surface area contributed by atoms with Gasteiger partial charge in [0.05, 0.1) is 12.7 Å². The molecule has 1 saturated carbocycles. The molecule has 2 atom stereocenters. The summed E-state index contributed by atoms with van der Waals surface area (Å²) in [7, 11) is -4.01. The molecule has 2 aliphatic rings. The topological polar surface area (TPSA) is 87.9 Å². The molecule has 23 heavy (non-hydrogen) atoms. The van der Waals surface area contributed by atoms with Crippen molar-refractivity contribution in [2.45, 2.75) is 50.1 Å². The molecule has 0 aromatic heterocycles. The van der Waals surface area contributed by atoms with Crippen LogP contribution < -0.4 is 5.14 Å². The van der Waals surface area contributed by atoms with Gasteiger partial charge in [-0.15, -0.1) is 0 Å². The summed E-state index contributed by atoms with van der Waals surface area (Å²) >= 11 is 6.21. The number of hydrogen-bond acceptors (Lipinski definition) is 5. The molecular formula is C15H20ClNO5S. The minimum Gasteiger partial charge on any atom is -0.344 e. The van der Waals surface area contributed by atoms with Gasteiger partial charge in [0.15, 0.2) is 5.79 Å². The first-order valence-electron chi connectivity index (χ1n) is 7.63. The summed E-state index contributed by atoms with van der Waals surface area (Å²) in [6.45, 7) is -0.157. The van der Waals surface area contributed by atoms with Gasteiger partial charge in [-0.3, -0.25) is 4.18 Å². The largest absolute Gasteiger partial charge is 0.344 e. The van der Waals surface area contributed by atoms with Gasteiger partial charge in [0, 0.05) is 24.3 Å². The molecule has 1 heterocycles. The van der Waals surface area contributed by atoms with Crippen LogP contribution in [0.3, 0.4) is 0 Å². The molecule has 2 fully saturated rings. The third-order valence-electron chi connectivity index (χ3n) is 4.29. The van der Waals surface area contributed by atoms with Crippen LogP contribution in [-0.4, -0.2) is 33.0 Å². The normalized spacial score (nSPS) is 26.9. The van der Waals surface area contributed by atoms with Crippen molar-refractivity contribution in [2.75, 3.05) is 6.61 Å². The number of benzene rings is 1. The average Bonchev–Trinajstić information content (AvgIpc) is 3.06. The van der Waals surface area contributed by atoms with E-state index in [4.69, 9.17) is 30.4 Å². The molecule has 0 bridgehead atoms. The van der Waals surface area contributed by atoms with Gasteiger partial charge in [-0.2, -0.15) is 8.42 Å². The molecule has 0 radical (unpaired) electrons. The minimum absolute atomic E-state index is 0.157. The van der Waals surface area contributed by atoms with Gasteiger partial charge < -0.3 is 9.47 Å². The Kier molecular flexibility index (Phi) is 4.96. The van der Waals surface area contributed by atoms with E-state index >= 15 is 0 Å². The molecule has 0 unspecified atom stereocenters.